The summed E-state index contributed by atoms with van der Waals surface area (Å²) in [6, 6.07) is 6.90. The number of hydrogen-bond donors (Lipinski definition) is 2. The maximum Gasteiger partial charge on any atom is 0.193 e. The molecule has 0 saturated carbocycles. The Kier molecular flexibility index (Phi) is 7.10. The number of halogens is 1. The van der Waals surface area contributed by atoms with E-state index in [4.69, 9.17) is 10.5 Å². The summed E-state index contributed by atoms with van der Waals surface area (Å²) in [6.07, 6.45) is 3.64. The average molecular weight is 430 g/mol. The van der Waals surface area contributed by atoms with Crippen LogP contribution in [0.5, 0.6) is 0 Å². The van der Waals surface area contributed by atoms with Crippen LogP contribution < -0.4 is 11.1 Å². The number of rotatable bonds is 4. The molecule has 1 aromatic carbocycles. The van der Waals surface area contributed by atoms with Gasteiger partial charge in [-0.15, -0.1) is 24.0 Å². The van der Waals surface area contributed by atoms with Crippen molar-refractivity contribution in [1.29, 1.82) is 0 Å². The predicted molar refractivity (Wildman–Crippen MR) is 106 cm³/mol. The van der Waals surface area contributed by atoms with Crippen molar-refractivity contribution in [1.82, 2.24) is 4.90 Å². The number of aryl methyl sites for hydroxylation is 2. The number of nitrogens with two attached hydrogens (primary N) is 1. The van der Waals surface area contributed by atoms with Gasteiger partial charge in [0.25, 0.3) is 0 Å². The summed E-state index contributed by atoms with van der Waals surface area (Å²) >= 11 is 0. The molecule has 0 spiro atoms. The van der Waals surface area contributed by atoms with E-state index in [9.17, 15) is 0 Å². The summed E-state index contributed by atoms with van der Waals surface area (Å²) in [5.74, 6) is 0.498. The number of nitrogens with zero attached hydrogens (tertiary/aromatic N) is 2. The van der Waals surface area contributed by atoms with Crippen molar-refractivity contribution in [2.45, 2.75) is 32.2 Å². The van der Waals surface area contributed by atoms with Crippen molar-refractivity contribution in [3.8, 4) is 0 Å². The minimum Gasteiger partial charge on any atom is -0.379 e. The molecular weight excluding hydrogens is 403 g/mol. The lowest BCUT2D eigenvalue weighted by atomic mass is 10.1. The zero-order valence-corrected chi connectivity index (χ0v) is 16.1. The van der Waals surface area contributed by atoms with Crippen molar-refractivity contribution in [2.24, 2.45) is 10.7 Å². The number of anilines is 1. The Morgan fingerprint density at radius 3 is 2.83 bits per heavy atom. The first kappa shape index (κ1) is 18.5. The molecule has 1 fully saturated rings. The molecule has 1 aliphatic carbocycles. The molecule has 1 aliphatic heterocycles. The molecule has 1 atom stereocenters. The van der Waals surface area contributed by atoms with Crippen LogP contribution in [-0.2, 0) is 17.6 Å². The minimum absolute atomic E-state index is 0. The maximum atomic E-state index is 6.02. The summed E-state index contributed by atoms with van der Waals surface area (Å²) in [6.45, 7) is 6.50. The van der Waals surface area contributed by atoms with Gasteiger partial charge in [0.1, 0.15) is 0 Å². The zero-order chi connectivity index (χ0) is 15.4. The van der Waals surface area contributed by atoms with E-state index in [-0.39, 0.29) is 24.0 Å². The van der Waals surface area contributed by atoms with E-state index in [1.165, 1.54) is 30.4 Å². The Bertz CT molecular complexity index is 543. The van der Waals surface area contributed by atoms with Crippen LogP contribution in [0.25, 0.3) is 0 Å². The van der Waals surface area contributed by atoms with Gasteiger partial charge >= 0.3 is 0 Å². The first-order valence-corrected chi connectivity index (χ1v) is 8.23. The number of nitrogens with one attached hydrogen (secondary N) is 1. The molecule has 1 heterocycles. The van der Waals surface area contributed by atoms with Gasteiger partial charge in [-0.05, 0) is 49.4 Å². The molecule has 3 rings (SSSR count). The van der Waals surface area contributed by atoms with Crippen molar-refractivity contribution >= 4 is 35.6 Å². The predicted octanol–water partition coefficient (Wildman–Crippen LogP) is 2.24. The van der Waals surface area contributed by atoms with Crippen molar-refractivity contribution in [3.63, 3.8) is 0 Å². The number of hydrogen-bond acceptors (Lipinski definition) is 3. The highest BCUT2D eigenvalue weighted by molar-refractivity contribution is 14.0. The largest absolute Gasteiger partial charge is 0.379 e. The molecule has 1 aromatic rings. The van der Waals surface area contributed by atoms with Crippen LogP contribution in [0.3, 0.4) is 0 Å². The first-order chi connectivity index (χ1) is 10.7. The number of aliphatic imine (C=N–C) groups is 1. The maximum absolute atomic E-state index is 6.02. The average Bonchev–Trinajstić information content (AvgIpc) is 3.01. The smallest absolute Gasteiger partial charge is 0.193 e. The van der Waals surface area contributed by atoms with E-state index in [1.54, 1.807) is 0 Å². The Morgan fingerprint density at radius 2 is 2.04 bits per heavy atom. The van der Waals surface area contributed by atoms with E-state index >= 15 is 0 Å². The fraction of sp³-hybridized carbons (Fsp3) is 0.588. The molecule has 0 bridgehead atoms. The van der Waals surface area contributed by atoms with Gasteiger partial charge < -0.3 is 15.8 Å². The third-order valence-corrected chi connectivity index (χ3v) is 4.57. The van der Waals surface area contributed by atoms with Crippen molar-refractivity contribution < 1.29 is 4.74 Å². The molecule has 1 unspecified atom stereocenters. The molecule has 0 amide bonds. The SMILES string of the molecule is CC(CN=C(N)Nc1ccc2c(c1)CCC2)N1CCOCC1.I. The molecule has 5 nitrogen and oxygen atoms in total. The Hall–Kier alpha value is -0.860. The summed E-state index contributed by atoms with van der Waals surface area (Å²) in [4.78, 5) is 6.89. The van der Waals surface area contributed by atoms with Gasteiger partial charge in [-0.25, -0.2) is 0 Å². The highest BCUT2D eigenvalue weighted by Gasteiger charge is 2.16. The van der Waals surface area contributed by atoms with Gasteiger partial charge in [-0.1, -0.05) is 6.07 Å². The summed E-state index contributed by atoms with van der Waals surface area (Å²) in [5.41, 5.74) is 9.99. The lowest BCUT2D eigenvalue weighted by Crippen LogP contribution is -2.43. The summed E-state index contributed by atoms with van der Waals surface area (Å²) < 4.78 is 5.38. The number of guanidine groups is 1. The third kappa shape index (κ3) is 5.06. The summed E-state index contributed by atoms with van der Waals surface area (Å²) in [7, 11) is 0. The highest BCUT2D eigenvalue weighted by atomic mass is 127. The number of benzene rings is 1. The molecule has 2 aliphatic rings. The van der Waals surface area contributed by atoms with E-state index < -0.39 is 0 Å². The number of fused-ring (bicyclic) bond motifs is 1. The highest BCUT2D eigenvalue weighted by Crippen LogP contribution is 2.24. The Morgan fingerprint density at radius 1 is 1.30 bits per heavy atom. The molecular formula is C17H27IN4O. The normalized spacial score (nSPS) is 19.8. The quantitative estimate of drug-likeness (QED) is 0.437. The fourth-order valence-corrected chi connectivity index (χ4v) is 3.20. The van der Waals surface area contributed by atoms with Crippen molar-refractivity contribution in [3.05, 3.63) is 29.3 Å². The second-order valence-corrected chi connectivity index (χ2v) is 6.19. The molecule has 3 N–H and O–H groups in total. The van der Waals surface area contributed by atoms with E-state index in [2.05, 4.69) is 40.3 Å². The van der Waals surface area contributed by atoms with Gasteiger partial charge in [-0.3, -0.25) is 9.89 Å². The van der Waals surface area contributed by atoms with Gasteiger partial charge in [-0.2, -0.15) is 0 Å². The first-order valence-electron chi connectivity index (χ1n) is 8.23. The monoisotopic (exact) mass is 430 g/mol. The molecule has 0 radical (unpaired) electrons. The van der Waals surface area contributed by atoms with E-state index in [1.807, 2.05) is 0 Å². The molecule has 128 valence electrons. The van der Waals surface area contributed by atoms with Gasteiger partial charge in [0.2, 0.25) is 0 Å². The number of morpholine rings is 1. The lowest BCUT2D eigenvalue weighted by molar-refractivity contribution is 0.0221. The Balaban J connectivity index is 0.00000192. The third-order valence-electron chi connectivity index (χ3n) is 4.57. The van der Waals surface area contributed by atoms with Crippen LogP contribution >= 0.6 is 24.0 Å². The fourth-order valence-electron chi connectivity index (χ4n) is 3.20. The topological polar surface area (TPSA) is 62.9 Å². The van der Waals surface area contributed by atoms with Gasteiger partial charge in [0.05, 0.1) is 19.8 Å². The van der Waals surface area contributed by atoms with Crippen LogP contribution in [0.4, 0.5) is 5.69 Å². The molecule has 1 saturated heterocycles. The molecule has 23 heavy (non-hydrogen) atoms. The van der Waals surface area contributed by atoms with E-state index in [0.29, 0.717) is 18.5 Å². The molecule has 6 heteroatoms. The standard InChI is InChI=1S/C17H26N4O.HI/c1-13(21-7-9-22-10-8-21)12-19-17(18)20-16-6-5-14-3-2-4-15(14)11-16;/h5-6,11,13H,2-4,7-10,12H2,1H3,(H3,18,19,20);1H. The zero-order valence-electron chi connectivity index (χ0n) is 13.8. The van der Waals surface area contributed by atoms with E-state index in [0.717, 1.165) is 32.0 Å². The Labute approximate surface area is 155 Å². The van der Waals surface area contributed by atoms with Crippen LogP contribution in [0.1, 0.15) is 24.5 Å². The van der Waals surface area contributed by atoms with Crippen LogP contribution in [0.2, 0.25) is 0 Å². The minimum atomic E-state index is 0. The van der Waals surface area contributed by atoms with Crippen LogP contribution in [0, 0.1) is 0 Å². The lowest BCUT2D eigenvalue weighted by Gasteiger charge is -2.31. The van der Waals surface area contributed by atoms with Crippen LogP contribution in [0.15, 0.2) is 23.2 Å². The van der Waals surface area contributed by atoms with Gasteiger partial charge in [0.15, 0.2) is 5.96 Å². The second kappa shape index (κ2) is 8.84. The molecule has 0 aromatic heterocycles. The van der Waals surface area contributed by atoms with Crippen molar-refractivity contribution in [2.75, 3.05) is 38.2 Å². The summed E-state index contributed by atoms with van der Waals surface area (Å²) in [5, 5.41) is 3.21. The van der Waals surface area contributed by atoms with Crippen LogP contribution in [-0.4, -0.2) is 49.7 Å². The second-order valence-electron chi connectivity index (χ2n) is 6.19. The van der Waals surface area contributed by atoms with Gasteiger partial charge in [0, 0.05) is 24.8 Å². The number of ether oxygens (including phenoxy) is 1.